The van der Waals surface area contributed by atoms with E-state index in [-0.39, 0.29) is 23.7 Å². The number of nitro benzene ring substituents is 1. The number of para-hydroxylation sites is 1. The van der Waals surface area contributed by atoms with E-state index in [1.165, 1.54) is 11.0 Å². The molecule has 0 radical (unpaired) electrons. The summed E-state index contributed by atoms with van der Waals surface area (Å²) in [6.07, 6.45) is 2.06. The molecular formula is C20H21N3O4. The lowest BCUT2D eigenvalue weighted by atomic mass is 10.1. The first-order valence-corrected chi connectivity index (χ1v) is 8.76. The summed E-state index contributed by atoms with van der Waals surface area (Å²) in [4.78, 5) is 36.9. The number of carbonyl (C=O) groups excluding carboxylic acids is 2. The molecule has 1 saturated carbocycles. The van der Waals surface area contributed by atoms with E-state index in [0.717, 1.165) is 18.4 Å². The van der Waals surface area contributed by atoms with Crippen LogP contribution in [0.4, 0.5) is 5.69 Å². The number of benzene rings is 2. The Labute approximate surface area is 157 Å². The molecule has 2 aromatic rings. The zero-order valence-electron chi connectivity index (χ0n) is 15.3. The summed E-state index contributed by atoms with van der Waals surface area (Å²) in [7, 11) is 1.60. The first-order valence-electron chi connectivity index (χ1n) is 8.76. The van der Waals surface area contributed by atoms with Crippen LogP contribution in [0.1, 0.15) is 44.7 Å². The smallest absolute Gasteiger partial charge is 0.285 e. The monoisotopic (exact) mass is 367 g/mol. The molecule has 0 bridgehead atoms. The van der Waals surface area contributed by atoms with Gasteiger partial charge in [-0.1, -0.05) is 24.3 Å². The maximum Gasteiger partial charge on any atom is 0.285 e. The van der Waals surface area contributed by atoms with Crippen molar-refractivity contribution < 1.29 is 14.5 Å². The van der Waals surface area contributed by atoms with Crippen LogP contribution in [-0.2, 0) is 6.54 Å². The van der Waals surface area contributed by atoms with Crippen LogP contribution >= 0.6 is 0 Å². The highest BCUT2D eigenvalue weighted by atomic mass is 16.6. The van der Waals surface area contributed by atoms with Crippen LogP contribution < -0.4 is 5.32 Å². The summed E-state index contributed by atoms with van der Waals surface area (Å²) in [5.74, 6) is -0.509. The first kappa shape index (κ1) is 18.6. The molecule has 0 spiro atoms. The molecule has 27 heavy (non-hydrogen) atoms. The lowest BCUT2D eigenvalue weighted by Gasteiger charge is -2.18. The van der Waals surface area contributed by atoms with Crippen molar-refractivity contribution >= 4 is 17.5 Å². The molecule has 0 aliphatic heterocycles. The minimum atomic E-state index is -0.524. The summed E-state index contributed by atoms with van der Waals surface area (Å²) < 4.78 is 0. The van der Waals surface area contributed by atoms with Crippen molar-refractivity contribution in [3.63, 3.8) is 0 Å². The molecule has 3 rings (SSSR count). The second-order valence-corrected chi connectivity index (χ2v) is 6.83. The molecule has 1 aliphatic carbocycles. The number of hydrogen-bond donors (Lipinski definition) is 1. The van der Waals surface area contributed by atoms with Gasteiger partial charge < -0.3 is 10.2 Å². The van der Waals surface area contributed by atoms with Crippen molar-refractivity contribution in [3.05, 3.63) is 74.8 Å². The first-order chi connectivity index (χ1) is 12.9. The zero-order chi connectivity index (χ0) is 19.6. The highest BCUT2D eigenvalue weighted by molar-refractivity contribution is 5.98. The predicted octanol–water partition coefficient (Wildman–Crippen LogP) is 3.07. The molecule has 0 unspecified atom stereocenters. The van der Waals surface area contributed by atoms with Crippen molar-refractivity contribution in [2.45, 2.75) is 32.4 Å². The third kappa shape index (κ3) is 4.31. The Morgan fingerprint density at radius 2 is 1.85 bits per heavy atom. The summed E-state index contributed by atoms with van der Waals surface area (Å²) >= 11 is 0. The fourth-order valence-corrected chi connectivity index (χ4v) is 2.88. The normalized spacial score (nSPS) is 13.1. The van der Waals surface area contributed by atoms with Crippen molar-refractivity contribution in [3.8, 4) is 0 Å². The number of nitrogens with zero attached hydrogens (tertiary/aromatic N) is 2. The molecule has 1 fully saturated rings. The second kappa shape index (κ2) is 7.57. The van der Waals surface area contributed by atoms with Gasteiger partial charge in [0.05, 0.1) is 4.92 Å². The van der Waals surface area contributed by atoms with Crippen LogP contribution in [0.5, 0.6) is 0 Å². The number of hydrogen-bond acceptors (Lipinski definition) is 4. The van der Waals surface area contributed by atoms with Crippen LogP contribution in [-0.4, -0.2) is 34.7 Å². The predicted molar refractivity (Wildman–Crippen MR) is 101 cm³/mol. The Balaban J connectivity index is 1.70. The van der Waals surface area contributed by atoms with E-state index in [2.05, 4.69) is 5.32 Å². The van der Waals surface area contributed by atoms with Crippen molar-refractivity contribution in [2.24, 2.45) is 0 Å². The van der Waals surface area contributed by atoms with E-state index >= 15 is 0 Å². The van der Waals surface area contributed by atoms with Gasteiger partial charge in [0.2, 0.25) is 0 Å². The lowest BCUT2D eigenvalue weighted by molar-refractivity contribution is -0.385. The number of nitro groups is 1. The molecule has 0 saturated heterocycles. The Bertz CT molecular complexity index is 889. The van der Waals surface area contributed by atoms with E-state index in [9.17, 15) is 19.7 Å². The minimum absolute atomic E-state index is 0.0722. The summed E-state index contributed by atoms with van der Waals surface area (Å²) in [5.41, 5.74) is 1.77. The molecule has 0 aromatic heterocycles. The van der Waals surface area contributed by atoms with Crippen LogP contribution in [0, 0.1) is 17.0 Å². The van der Waals surface area contributed by atoms with E-state index in [0.29, 0.717) is 17.2 Å². The number of rotatable bonds is 6. The Hall–Kier alpha value is -3.22. The van der Waals surface area contributed by atoms with Gasteiger partial charge in [-0.15, -0.1) is 0 Å². The molecule has 7 nitrogen and oxygen atoms in total. The van der Waals surface area contributed by atoms with Gasteiger partial charge in [-0.3, -0.25) is 19.7 Å². The van der Waals surface area contributed by atoms with Gasteiger partial charge in [0.25, 0.3) is 17.5 Å². The van der Waals surface area contributed by atoms with Crippen LogP contribution in [0.15, 0.2) is 42.5 Å². The van der Waals surface area contributed by atoms with Gasteiger partial charge >= 0.3 is 0 Å². The lowest BCUT2D eigenvalue weighted by Crippen LogP contribution is -2.27. The van der Waals surface area contributed by atoms with Crippen LogP contribution in [0.2, 0.25) is 0 Å². The summed E-state index contributed by atoms with van der Waals surface area (Å²) in [6.45, 7) is 1.90. The maximum atomic E-state index is 12.7. The SMILES string of the molecule is Cc1cccc(C(=O)N(C)Cc2ccc(C(=O)NC3CC3)cc2)c1[N+](=O)[O-]. The molecule has 7 heteroatoms. The minimum Gasteiger partial charge on any atom is -0.349 e. The molecule has 140 valence electrons. The largest absolute Gasteiger partial charge is 0.349 e. The number of amides is 2. The van der Waals surface area contributed by atoms with Gasteiger partial charge in [0.1, 0.15) is 5.56 Å². The van der Waals surface area contributed by atoms with Gasteiger partial charge in [0.15, 0.2) is 0 Å². The van der Waals surface area contributed by atoms with Crippen LogP contribution in [0.3, 0.4) is 0 Å². The fourth-order valence-electron chi connectivity index (χ4n) is 2.88. The highest BCUT2D eigenvalue weighted by Gasteiger charge is 2.25. The molecular weight excluding hydrogens is 346 g/mol. The van der Waals surface area contributed by atoms with Gasteiger partial charge in [-0.2, -0.15) is 0 Å². The molecule has 1 N–H and O–H groups in total. The molecule has 0 atom stereocenters. The van der Waals surface area contributed by atoms with E-state index in [1.54, 1.807) is 50.4 Å². The zero-order valence-corrected chi connectivity index (χ0v) is 15.3. The number of aryl methyl sites for hydroxylation is 1. The highest BCUT2D eigenvalue weighted by Crippen LogP contribution is 2.24. The van der Waals surface area contributed by atoms with E-state index in [1.807, 2.05) is 0 Å². The van der Waals surface area contributed by atoms with Gasteiger partial charge in [-0.05, 0) is 43.5 Å². The quantitative estimate of drug-likeness (QED) is 0.627. The topological polar surface area (TPSA) is 92.6 Å². The fraction of sp³-hybridized carbons (Fsp3) is 0.300. The van der Waals surface area contributed by atoms with Gasteiger partial charge in [0, 0.05) is 30.8 Å². The second-order valence-electron chi connectivity index (χ2n) is 6.83. The number of carbonyl (C=O) groups is 2. The number of nitrogens with one attached hydrogen (secondary N) is 1. The maximum absolute atomic E-state index is 12.7. The van der Waals surface area contributed by atoms with Crippen molar-refractivity contribution in [2.75, 3.05) is 7.05 Å². The Morgan fingerprint density at radius 1 is 1.19 bits per heavy atom. The third-order valence-electron chi connectivity index (χ3n) is 4.55. The molecule has 0 heterocycles. The average molecular weight is 367 g/mol. The van der Waals surface area contributed by atoms with Gasteiger partial charge in [-0.25, -0.2) is 0 Å². The Morgan fingerprint density at radius 3 is 2.44 bits per heavy atom. The molecule has 2 amide bonds. The Kier molecular flexibility index (Phi) is 5.21. The van der Waals surface area contributed by atoms with E-state index < -0.39 is 10.8 Å². The third-order valence-corrected chi connectivity index (χ3v) is 4.55. The summed E-state index contributed by atoms with van der Waals surface area (Å²) in [5, 5.41) is 14.2. The molecule has 2 aromatic carbocycles. The van der Waals surface area contributed by atoms with Crippen LogP contribution in [0.25, 0.3) is 0 Å². The average Bonchev–Trinajstić information content (AvgIpc) is 3.45. The standard InChI is InChI=1S/C20H21N3O4/c1-13-4-3-5-17(18(13)23(26)27)20(25)22(2)12-14-6-8-15(9-7-14)19(24)21-16-10-11-16/h3-9,16H,10-12H2,1-2H3,(H,21,24). The van der Waals surface area contributed by atoms with Crippen molar-refractivity contribution in [1.82, 2.24) is 10.2 Å². The van der Waals surface area contributed by atoms with E-state index in [4.69, 9.17) is 0 Å². The molecule has 1 aliphatic rings. The summed E-state index contributed by atoms with van der Waals surface area (Å²) in [6, 6.07) is 12.0. The van der Waals surface area contributed by atoms with Crippen molar-refractivity contribution in [1.29, 1.82) is 0 Å².